The zero-order valence-electron chi connectivity index (χ0n) is 19.3. The van der Waals surface area contributed by atoms with Crippen LogP contribution >= 0.6 is 0 Å². The van der Waals surface area contributed by atoms with E-state index in [1.807, 2.05) is 20.8 Å². The van der Waals surface area contributed by atoms with Crippen molar-refractivity contribution in [2.24, 2.45) is 11.3 Å². The first-order valence-corrected chi connectivity index (χ1v) is 12.9. The van der Waals surface area contributed by atoms with Crippen LogP contribution in [-0.2, 0) is 21.6 Å². The molecule has 5 heteroatoms. The van der Waals surface area contributed by atoms with E-state index in [0.29, 0.717) is 5.92 Å². The molecule has 2 aliphatic rings. The first kappa shape index (κ1) is 24.8. The van der Waals surface area contributed by atoms with E-state index >= 15 is 0 Å². The van der Waals surface area contributed by atoms with Gasteiger partial charge in [-0.25, -0.2) is 0 Å². The number of carbonyl (C=O) groups is 1. The summed E-state index contributed by atoms with van der Waals surface area (Å²) in [5.74, 6) is 0.619. The van der Waals surface area contributed by atoms with Crippen LogP contribution in [0.5, 0.6) is 0 Å². The van der Waals surface area contributed by atoms with Crippen LogP contribution in [0.4, 0.5) is 0 Å². The molecule has 0 bridgehead atoms. The first-order chi connectivity index (χ1) is 13.0. The van der Waals surface area contributed by atoms with Gasteiger partial charge in [0.25, 0.3) is 0 Å². The number of rotatable bonds is 2. The van der Waals surface area contributed by atoms with E-state index in [0.717, 1.165) is 0 Å². The molecule has 1 aliphatic carbocycles. The van der Waals surface area contributed by atoms with Gasteiger partial charge in [-0.15, -0.1) is 0 Å². The van der Waals surface area contributed by atoms with E-state index in [4.69, 9.17) is 0 Å². The zero-order chi connectivity index (χ0) is 21.7. The van der Waals surface area contributed by atoms with Crippen molar-refractivity contribution >= 4 is 13.6 Å². The van der Waals surface area contributed by atoms with Crippen molar-refractivity contribution in [2.75, 3.05) is 28.2 Å². The first-order valence-electron chi connectivity index (χ1n) is 9.81. The maximum atomic E-state index is 12.7. The van der Waals surface area contributed by atoms with Crippen LogP contribution in [0.15, 0.2) is 45.4 Å². The number of allylic oxidation sites excluding steroid dienone is 4. The van der Waals surface area contributed by atoms with Gasteiger partial charge in [-0.05, 0) is 0 Å². The quantitative estimate of drug-likeness (QED) is 0.715. The summed E-state index contributed by atoms with van der Waals surface area (Å²) in [5, 5.41) is 7.00. The average molecular weight is 419 g/mol. The van der Waals surface area contributed by atoms with E-state index in [-0.39, 0.29) is 11.3 Å². The third-order valence-electron chi connectivity index (χ3n) is 5.01. The van der Waals surface area contributed by atoms with Gasteiger partial charge in [-0.1, -0.05) is 0 Å². The standard InChI is InChI=1S/C8H11.C6H4.C5H11NO.2C2H6N.Ti/c1-6-4-7(2)8(3)5-6;1-2-4-6-5-3-1;1-5(2,3)4(6)7;2*1-3-2;/h4,6H,1-3H3;1-4H;1-3H3,(H2,6,7);2*1-2H3;/q;;;2*-1;+3/p-1. The largest absolute Gasteiger partial charge is 0.668 e. The van der Waals surface area contributed by atoms with Gasteiger partial charge in [0.05, 0.1) is 0 Å². The molecule has 0 saturated carbocycles. The molecule has 0 saturated heterocycles. The molecule has 3 rings (SSSR count). The molecule has 28 heavy (non-hydrogen) atoms. The third-order valence-corrected chi connectivity index (χ3v) is 12.0. The number of nitrogens with zero attached hydrogens (tertiary/aromatic N) is 2. The summed E-state index contributed by atoms with van der Waals surface area (Å²) in [4.78, 5) is 12.7. The van der Waals surface area contributed by atoms with Gasteiger partial charge in [-0.2, -0.15) is 28.2 Å². The molecule has 1 amide bonds. The summed E-state index contributed by atoms with van der Waals surface area (Å²) < 4.78 is 7.95. The summed E-state index contributed by atoms with van der Waals surface area (Å²) in [7, 11) is 7.00. The minimum Gasteiger partial charge on any atom is -0.668 e. The van der Waals surface area contributed by atoms with Crippen molar-refractivity contribution in [1.29, 1.82) is 0 Å². The molecular formula is C23H37N3OTi. The second-order valence-electron chi connectivity index (χ2n) is 8.57. The van der Waals surface area contributed by atoms with Gasteiger partial charge >= 0.3 is 137 Å². The maximum Gasteiger partial charge on any atom is -0.162 e. The van der Waals surface area contributed by atoms with Crippen LogP contribution in [-0.4, -0.2) is 34.1 Å². The van der Waals surface area contributed by atoms with Crippen LogP contribution in [0.3, 0.4) is 0 Å². The van der Waals surface area contributed by atoms with Crippen LogP contribution in [0.1, 0.15) is 41.5 Å². The fourth-order valence-corrected chi connectivity index (χ4v) is 11.8. The monoisotopic (exact) mass is 419 g/mol. The minimum atomic E-state index is -2.79. The topological polar surface area (TPSA) is 57.3 Å². The molecule has 0 radical (unpaired) electrons. The van der Waals surface area contributed by atoms with Crippen LogP contribution in [0.25, 0.3) is 10.6 Å². The fraction of sp³-hybridized carbons (Fsp3) is 0.522. The Morgan fingerprint density at radius 2 is 1.43 bits per heavy atom. The van der Waals surface area contributed by atoms with E-state index in [1.165, 1.54) is 22.8 Å². The molecule has 1 aromatic rings. The Balaban J connectivity index is 0.000000582. The second-order valence-corrected chi connectivity index (χ2v) is 13.8. The summed E-state index contributed by atoms with van der Waals surface area (Å²) >= 11 is -2.79. The van der Waals surface area contributed by atoms with E-state index < -0.39 is 16.8 Å². The smallest absolute Gasteiger partial charge is 0.162 e. The predicted molar refractivity (Wildman–Crippen MR) is 119 cm³/mol. The van der Waals surface area contributed by atoms with Crippen molar-refractivity contribution < 1.29 is 21.6 Å². The van der Waals surface area contributed by atoms with Crippen molar-refractivity contribution in [1.82, 2.24) is 3.80 Å². The Kier molecular flexibility index (Phi) is 8.89. The number of hydrogen-bond donors (Lipinski definition) is 1. The predicted octanol–water partition coefficient (Wildman–Crippen LogP) is 4.29. The van der Waals surface area contributed by atoms with Crippen LogP contribution in [0.2, 0.25) is 0 Å². The molecule has 0 fully saturated rings. The van der Waals surface area contributed by atoms with Gasteiger partial charge in [-0.3, -0.25) is 0 Å². The molecule has 1 heterocycles. The van der Waals surface area contributed by atoms with Crippen molar-refractivity contribution in [3.63, 3.8) is 0 Å². The normalized spacial score (nSPS) is 17.6. The van der Waals surface area contributed by atoms with Crippen molar-refractivity contribution in [3.8, 4) is 0 Å². The number of carbonyl (C=O) groups excluding carboxylic acids is 1. The SMILES string of the molecule is CC1=CC(C)[C]([Ti+2]2([NH]C(=O)C(C)(C)C)[c]3cccc[c]32)=C1C.C[N-]C.C[N-]C. The molecule has 1 N–H and O–H groups in total. The molecule has 4 nitrogen and oxygen atoms in total. The van der Waals surface area contributed by atoms with E-state index in [2.05, 4.69) is 65.5 Å². The van der Waals surface area contributed by atoms with Gasteiger partial charge < -0.3 is 10.6 Å². The van der Waals surface area contributed by atoms with Crippen molar-refractivity contribution in [3.05, 3.63) is 56.0 Å². The van der Waals surface area contributed by atoms with Crippen LogP contribution in [0, 0.1) is 11.3 Å². The minimum absolute atomic E-state index is 0.181. The molecule has 1 aliphatic heterocycles. The summed E-state index contributed by atoms with van der Waals surface area (Å²) in [6, 6.07) is 8.65. The number of benzene rings is 1. The zero-order valence-corrected chi connectivity index (χ0v) is 20.8. The van der Waals surface area contributed by atoms with Gasteiger partial charge in [0.1, 0.15) is 0 Å². The Bertz CT molecular complexity index is 734. The Morgan fingerprint density at radius 3 is 1.75 bits per heavy atom. The summed E-state index contributed by atoms with van der Waals surface area (Å²) in [5.41, 5.74) is 2.42. The Labute approximate surface area is 175 Å². The number of fused-ring (bicyclic) bond motifs is 1. The summed E-state index contributed by atoms with van der Waals surface area (Å²) in [6.45, 7) is 12.7. The molecule has 0 spiro atoms. The Hall–Kier alpha value is -1.20. The van der Waals surface area contributed by atoms with Gasteiger partial charge in [0, 0.05) is 0 Å². The third kappa shape index (κ3) is 5.04. The van der Waals surface area contributed by atoms with Gasteiger partial charge in [0.2, 0.25) is 0 Å². The van der Waals surface area contributed by atoms with E-state index in [1.54, 1.807) is 28.2 Å². The average Bonchev–Trinajstić information content (AvgIpc) is 3.14. The number of nitrogens with one attached hydrogen (secondary N) is 1. The molecule has 1 aromatic carbocycles. The van der Waals surface area contributed by atoms with Gasteiger partial charge in [0.15, 0.2) is 0 Å². The molecule has 1 unspecified atom stereocenters. The van der Waals surface area contributed by atoms with E-state index in [9.17, 15) is 4.79 Å². The van der Waals surface area contributed by atoms with Crippen LogP contribution < -0.4 is 11.5 Å². The molecule has 0 aromatic heterocycles. The number of amides is 1. The molecule has 154 valence electrons. The second kappa shape index (κ2) is 10.0. The molecular weight excluding hydrogens is 382 g/mol. The van der Waals surface area contributed by atoms with Crippen molar-refractivity contribution in [2.45, 2.75) is 41.5 Å². The summed E-state index contributed by atoms with van der Waals surface area (Å²) in [6.07, 6.45) is 2.35. The maximum absolute atomic E-state index is 12.7. The fourth-order valence-electron chi connectivity index (χ4n) is 3.66. The Morgan fingerprint density at radius 1 is 1.00 bits per heavy atom. The molecule has 1 atom stereocenters. The number of hydrogen-bond acceptors (Lipinski definition) is 1.